The van der Waals surface area contributed by atoms with E-state index >= 15 is 0 Å². The molecule has 0 N–H and O–H groups in total. The van der Waals surface area contributed by atoms with Crippen molar-refractivity contribution < 1.29 is 14.3 Å². The molecule has 6 atom stereocenters. The van der Waals surface area contributed by atoms with Gasteiger partial charge in [0.2, 0.25) is 0 Å². The Morgan fingerprint density at radius 1 is 1.17 bits per heavy atom. The van der Waals surface area contributed by atoms with Crippen LogP contribution in [0.15, 0.2) is 0 Å². The van der Waals surface area contributed by atoms with E-state index in [0.29, 0.717) is 18.1 Å². The fraction of sp³-hybridized carbons (Fsp3) is 0.867. The Labute approximate surface area is 108 Å². The zero-order chi connectivity index (χ0) is 13.1. The van der Waals surface area contributed by atoms with Gasteiger partial charge < -0.3 is 4.74 Å². The summed E-state index contributed by atoms with van der Waals surface area (Å²) in [6.45, 7) is 6.29. The maximum Gasteiger partial charge on any atom is 0.309 e. The number of ether oxygens (including phenoxy) is 1. The molecule has 100 valence electrons. The highest BCUT2D eigenvalue weighted by atomic mass is 16.6. The van der Waals surface area contributed by atoms with Gasteiger partial charge in [-0.05, 0) is 24.7 Å². The van der Waals surface area contributed by atoms with Crippen LogP contribution in [0, 0.1) is 29.1 Å². The molecule has 3 rings (SSSR count). The first-order valence-electron chi connectivity index (χ1n) is 7.17. The Bertz CT molecular complexity index is 403. The van der Waals surface area contributed by atoms with Gasteiger partial charge in [0.15, 0.2) is 0 Å². The molecule has 1 heterocycles. The van der Waals surface area contributed by atoms with Gasteiger partial charge in [0.25, 0.3) is 0 Å². The van der Waals surface area contributed by atoms with Crippen molar-refractivity contribution in [3.63, 3.8) is 0 Å². The SMILES string of the molecule is C[C@@H]1C(=O)O[C@@H]2[C@@H]1CC[C@]1(C)CCC(=O)[C@@H](C)[C@H]21. The third-order valence-corrected chi connectivity index (χ3v) is 5.88. The van der Waals surface area contributed by atoms with Gasteiger partial charge in [-0.2, -0.15) is 0 Å². The summed E-state index contributed by atoms with van der Waals surface area (Å²) in [5, 5.41) is 0. The molecule has 0 aromatic heterocycles. The maximum atomic E-state index is 12.0. The molecule has 0 aromatic rings. The van der Waals surface area contributed by atoms with E-state index < -0.39 is 0 Å². The lowest BCUT2D eigenvalue weighted by atomic mass is 9.53. The number of fused-ring (bicyclic) bond motifs is 3. The van der Waals surface area contributed by atoms with Crippen LogP contribution < -0.4 is 0 Å². The smallest absolute Gasteiger partial charge is 0.309 e. The second-order valence-electron chi connectivity index (χ2n) is 6.83. The summed E-state index contributed by atoms with van der Waals surface area (Å²) < 4.78 is 5.64. The molecule has 0 spiro atoms. The second-order valence-corrected chi connectivity index (χ2v) is 6.83. The fourth-order valence-corrected chi connectivity index (χ4v) is 4.62. The van der Waals surface area contributed by atoms with E-state index in [2.05, 4.69) is 6.92 Å². The molecular weight excluding hydrogens is 228 g/mol. The lowest BCUT2D eigenvalue weighted by Crippen LogP contribution is -2.52. The Morgan fingerprint density at radius 3 is 2.61 bits per heavy atom. The molecule has 3 nitrogen and oxygen atoms in total. The predicted molar refractivity (Wildman–Crippen MR) is 66.8 cm³/mol. The van der Waals surface area contributed by atoms with Crippen molar-refractivity contribution in [1.29, 1.82) is 0 Å². The number of esters is 1. The van der Waals surface area contributed by atoms with Gasteiger partial charge in [-0.1, -0.05) is 20.8 Å². The van der Waals surface area contributed by atoms with Crippen LogP contribution in [0.4, 0.5) is 0 Å². The average molecular weight is 250 g/mol. The lowest BCUT2D eigenvalue weighted by Gasteiger charge is -2.51. The number of hydrogen-bond donors (Lipinski definition) is 0. The maximum absolute atomic E-state index is 12.0. The topological polar surface area (TPSA) is 43.4 Å². The van der Waals surface area contributed by atoms with Gasteiger partial charge in [-0.15, -0.1) is 0 Å². The van der Waals surface area contributed by atoms with Crippen molar-refractivity contribution in [2.75, 3.05) is 0 Å². The Kier molecular flexibility index (Phi) is 2.58. The van der Waals surface area contributed by atoms with Crippen LogP contribution >= 0.6 is 0 Å². The Balaban J connectivity index is 1.96. The Morgan fingerprint density at radius 2 is 1.89 bits per heavy atom. The molecule has 3 fully saturated rings. The van der Waals surface area contributed by atoms with Crippen LogP contribution in [0.5, 0.6) is 0 Å². The van der Waals surface area contributed by atoms with Crippen molar-refractivity contribution in [2.45, 2.75) is 52.6 Å². The monoisotopic (exact) mass is 250 g/mol. The summed E-state index contributed by atoms with van der Waals surface area (Å²) in [5.41, 5.74) is 0.193. The number of rotatable bonds is 0. The van der Waals surface area contributed by atoms with E-state index in [1.54, 1.807) is 0 Å². The highest BCUT2D eigenvalue weighted by Crippen LogP contribution is 2.56. The Hall–Kier alpha value is -0.860. The van der Waals surface area contributed by atoms with Crippen molar-refractivity contribution in [2.24, 2.45) is 29.1 Å². The molecular formula is C15H22O3. The van der Waals surface area contributed by atoms with Crippen molar-refractivity contribution in [3.05, 3.63) is 0 Å². The number of Topliss-reactive ketones (excluding diaryl/α,β-unsaturated/α-hetero) is 1. The third kappa shape index (κ3) is 1.49. The van der Waals surface area contributed by atoms with Crippen LogP contribution in [-0.4, -0.2) is 17.9 Å². The zero-order valence-corrected chi connectivity index (χ0v) is 11.4. The molecule has 0 radical (unpaired) electrons. The molecule has 0 aromatic carbocycles. The van der Waals surface area contributed by atoms with E-state index in [0.717, 1.165) is 19.3 Å². The molecule has 3 aliphatic rings. The van der Waals surface area contributed by atoms with Crippen molar-refractivity contribution >= 4 is 11.8 Å². The molecule has 2 aliphatic carbocycles. The molecule has 0 bridgehead atoms. The molecule has 18 heavy (non-hydrogen) atoms. The van der Waals surface area contributed by atoms with Crippen LogP contribution in [0.3, 0.4) is 0 Å². The van der Waals surface area contributed by atoms with E-state index in [-0.39, 0.29) is 35.2 Å². The van der Waals surface area contributed by atoms with E-state index in [9.17, 15) is 9.59 Å². The second kappa shape index (κ2) is 3.82. The van der Waals surface area contributed by atoms with Gasteiger partial charge >= 0.3 is 5.97 Å². The van der Waals surface area contributed by atoms with Crippen LogP contribution in [0.2, 0.25) is 0 Å². The first kappa shape index (κ1) is 12.2. The van der Waals surface area contributed by atoms with Gasteiger partial charge in [0.1, 0.15) is 11.9 Å². The van der Waals surface area contributed by atoms with Crippen molar-refractivity contribution in [3.8, 4) is 0 Å². The highest BCUT2D eigenvalue weighted by Gasteiger charge is 2.58. The first-order valence-corrected chi connectivity index (χ1v) is 7.17. The van der Waals surface area contributed by atoms with Crippen LogP contribution in [0.1, 0.15) is 46.5 Å². The summed E-state index contributed by atoms with van der Waals surface area (Å²) in [5.74, 6) is 0.946. The molecule has 2 saturated carbocycles. The number of carbonyl (C=O) groups is 2. The number of ketones is 1. The standard InChI is InChI=1S/C15H22O3/c1-8-10-4-6-15(3)7-5-11(16)9(2)12(15)13(10)18-14(8)17/h8-10,12-13H,4-7H2,1-3H3/t8-,9+,10+,12+,13+,15+/m0/s1. The largest absolute Gasteiger partial charge is 0.461 e. The minimum Gasteiger partial charge on any atom is -0.461 e. The molecule has 3 heteroatoms. The van der Waals surface area contributed by atoms with Gasteiger partial charge in [-0.3, -0.25) is 9.59 Å². The molecule has 0 amide bonds. The highest BCUT2D eigenvalue weighted by molar-refractivity contribution is 5.82. The number of hydrogen-bond acceptors (Lipinski definition) is 3. The van der Waals surface area contributed by atoms with E-state index in [1.165, 1.54) is 0 Å². The summed E-state index contributed by atoms with van der Waals surface area (Å²) in [6, 6.07) is 0. The van der Waals surface area contributed by atoms with E-state index in [1.807, 2.05) is 13.8 Å². The predicted octanol–water partition coefficient (Wildman–Crippen LogP) is 2.58. The summed E-state index contributed by atoms with van der Waals surface area (Å²) in [7, 11) is 0. The zero-order valence-electron chi connectivity index (χ0n) is 11.4. The van der Waals surface area contributed by atoms with Gasteiger partial charge in [0, 0.05) is 24.2 Å². The summed E-state index contributed by atoms with van der Waals surface area (Å²) >= 11 is 0. The molecule has 1 saturated heterocycles. The normalized spacial score (nSPS) is 51.6. The van der Waals surface area contributed by atoms with Gasteiger partial charge in [-0.25, -0.2) is 0 Å². The van der Waals surface area contributed by atoms with Crippen molar-refractivity contribution in [1.82, 2.24) is 0 Å². The minimum absolute atomic E-state index is 0.00880. The quantitative estimate of drug-likeness (QED) is 0.621. The first-order chi connectivity index (χ1) is 8.44. The van der Waals surface area contributed by atoms with Crippen LogP contribution in [0.25, 0.3) is 0 Å². The number of carbonyl (C=O) groups excluding carboxylic acids is 2. The lowest BCUT2D eigenvalue weighted by molar-refractivity contribution is -0.158. The third-order valence-electron chi connectivity index (χ3n) is 5.88. The average Bonchev–Trinajstić information content (AvgIpc) is 2.60. The fourth-order valence-electron chi connectivity index (χ4n) is 4.62. The summed E-state index contributed by atoms with van der Waals surface area (Å²) in [6.07, 6.45) is 3.87. The van der Waals surface area contributed by atoms with Gasteiger partial charge in [0.05, 0.1) is 5.92 Å². The molecule has 0 unspecified atom stereocenters. The summed E-state index contributed by atoms with van der Waals surface area (Å²) in [4.78, 5) is 23.8. The van der Waals surface area contributed by atoms with E-state index in [4.69, 9.17) is 4.74 Å². The molecule has 1 aliphatic heterocycles. The minimum atomic E-state index is -0.0560. The van der Waals surface area contributed by atoms with Crippen LogP contribution in [-0.2, 0) is 14.3 Å².